The van der Waals surface area contributed by atoms with Crippen molar-refractivity contribution in [3.05, 3.63) is 168 Å². The highest BCUT2D eigenvalue weighted by Crippen LogP contribution is 2.63. The quantitative estimate of drug-likeness (QED) is 0.167. The van der Waals surface area contributed by atoms with Crippen LogP contribution in [0.25, 0.3) is 17.0 Å². The zero-order valence-electron chi connectivity index (χ0n) is 29.7. The van der Waals surface area contributed by atoms with Crippen molar-refractivity contribution in [1.82, 2.24) is 9.97 Å². The number of allylic oxidation sites excluding steroid dienone is 3. The van der Waals surface area contributed by atoms with Gasteiger partial charge in [0.15, 0.2) is 23.6 Å². The van der Waals surface area contributed by atoms with Crippen molar-refractivity contribution < 1.29 is 0 Å². The van der Waals surface area contributed by atoms with Crippen LogP contribution in [0.1, 0.15) is 35.6 Å². The van der Waals surface area contributed by atoms with Crippen LogP contribution in [0.15, 0.2) is 151 Å². The summed E-state index contributed by atoms with van der Waals surface area (Å²) in [5.74, 6) is 2.48. The van der Waals surface area contributed by atoms with E-state index in [1.165, 1.54) is 27.8 Å². The number of hydrogen-bond acceptors (Lipinski definition) is 7. The molecule has 5 aliphatic rings. The molecule has 5 heterocycles. The van der Waals surface area contributed by atoms with E-state index < -0.39 is 0 Å². The van der Waals surface area contributed by atoms with Gasteiger partial charge in [0, 0.05) is 40.4 Å². The third-order valence-corrected chi connectivity index (χ3v) is 11.8. The molecule has 0 fully saturated rings. The van der Waals surface area contributed by atoms with Crippen molar-refractivity contribution in [1.29, 1.82) is 0 Å². The molecule has 52 heavy (non-hydrogen) atoms. The van der Waals surface area contributed by atoms with E-state index in [2.05, 4.69) is 151 Å². The summed E-state index contributed by atoms with van der Waals surface area (Å²) < 4.78 is 0. The number of anilines is 5. The summed E-state index contributed by atoms with van der Waals surface area (Å²) >= 11 is 0. The number of hydrogen-bond donors (Lipinski definition) is 0. The number of likely N-dealkylation sites (N-methyl/N-ethyl adjacent to an activating group) is 1. The second-order valence-corrected chi connectivity index (χ2v) is 14.3. The topological polar surface area (TPSA) is 51.1 Å². The standard InChI is InChI=1S/C45H39N7/c1-6-16-30(7-2)41-48-52-36-24-23-29-25-34(36)45(8-3,26-29)39-33-21-14-15-22-35(33)51-42-37(27-46-40(47-42)32-20-13-12-17-28(32)4)49(5)43(51)38(39)44(52)50(41)31-18-10-9-11-19-31/h6-7,9-25,27,43-44H,1-2,8,26H2,3-5H3. The van der Waals surface area contributed by atoms with E-state index in [4.69, 9.17) is 15.1 Å². The molecule has 7 heteroatoms. The normalized spacial score (nSPS) is 22.0. The molecule has 3 unspecified atom stereocenters. The molecule has 0 amide bonds. The van der Waals surface area contributed by atoms with Crippen LogP contribution in [-0.2, 0) is 11.8 Å². The molecule has 10 rings (SSSR count). The molecule has 5 aromatic rings. The van der Waals surface area contributed by atoms with Crippen LogP contribution < -0.4 is 19.7 Å². The van der Waals surface area contributed by atoms with E-state index in [0.29, 0.717) is 0 Å². The molecule has 0 radical (unpaired) electrons. The summed E-state index contributed by atoms with van der Waals surface area (Å²) in [6.07, 6.45) is 9.14. The van der Waals surface area contributed by atoms with Gasteiger partial charge in [0.25, 0.3) is 0 Å². The number of hydrazone groups is 1. The number of amidine groups is 1. The highest BCUT2D eigenvalue weighted by molar-refractivity contribution is 6.15. The van der Waals surface area contributed by atoms with Gasteiger partial charge in [0.1, 0.15) is 11.9 Å². The summed E-state index contributed by atoms with van der Waals surface area (Å²) in [6.45, 7) is 12.8. The fraction of sp³-hybridized carbons (Fsp3) is 0.178. The van der Waals surface area contributed by atoms with Gasteiger partial charge in [-0.15, -0.1) is 0 Å². The number of fused-ring (bicyclic) bond motifs is 12. The maximum absolute atomic E-state index is 5.57. The van der Waals surface area contributed by atoms with Crippen molar-refractivity contribution in [3.63, 3.8) is 0 Å². The molecule has 4 aliphatic heterocycles. The minimum atomic E-state index is -0.293. The molecule has 1 aliphatic carbocycles. The lowest BCUT2D eigenvalue weighted by molar-refractivity contribution is 0.543. The highest BCUT2D eigenvalue weighted by atomic mass is 15.6. The van der Waals surface area contributed by atoms with Crippen LogP contribution in [0.5, 0.6) is 0 Å². The van der Waals surface area contributed by atoms with Crippen molar-refractivity contribution in [3.8, 4) is 11.4 Å². The molecule has 7 nitrogen and oxygen atoms in total. The van der Waals surface area contributed by atoms with Gasteiger partial charge in [-0.05, 0) is 66.3 Å². The van der Waals surface area contributed by atoms with E-state index in [0.717, 1.165) is 69.8 Å². The molecule has 1 aromatic heterocycles. The van der Waals surface area contributed by atoms with E-state index in [9.17, 15) is 0 Å². The summed E-state index contributed by atoms with van der Waals surface area (Å²) in [7, 11) is 2.20. The SMILES string of the molecule is C=CC=C(C=C)C1=NN2c3ccc4cc3C(CC)(C4)C3=C(C2N1c1ccccc1)C1N(C)c2cnc(-c4ccccc4C)nc2N1c1ccccc13. The minimum absolute atomic E-state index is 0.193. The Labute approximate surface area is 304 Å². The number of benzene rings is 4. The lowest BCUT2D eigenvalue weighted by Gasteiger charge is -2.46. The monoisotopic (exact) mass is 677 g/mol. The van der Waals surface area contributed by atoms with Crippen LogP contribution in [-0.4, -0.2) is 35.2 Å². The summed E-state index contributed by atoms with van der Waals surface area (Å²) in [4.78, 5) is 17.6. The van der Waals surface area contributed by atoms with Crippen molar-refractivity contribution in [2.45, 2.75) is 44.4 Å². The second-order valence-electron chi connectivity index (χ2n) is 14.3. The smallest absolute Gasteiger partial charge is 0.162 e. The number of aryl methyl sites for hydroxylation is 1. The first kappa shape index (κ1) is 30.6. The number of aromatic nitrogens is 2. The second kappa shape index (κ2) is 11.1. The highest BCUT2D eigenvalue weighted by Gasteiger charge is 2.58. The molecule has 4 aromatic carbocycles. The molecular weight excluding hydrogens is 639 g/mol. The molecule has 0 saturated heterocycles. The van der Waals surface area contributed by atoms with Crippen LogP contribution >= 0.6 is 0 Å². The van der Waals surface area contributed by atoms with Crippen LogP contribution in [0.4, 0.5) is 28.6 Å². The van der Waals surface area contributed by atoms with Gasteiger partial charge in [0.05, 0.1) is 17.6 Å². The first-order valence-corrected chi connectivity index (χ1v) is 18.1. The molecule has 0 saturated carbocycles. The van der Waals surface area contributed by atoms with Gasteiger partial charge in [-0.25, -0.2) is 15.0 Å². The molecular formula is C45H39N7. The van der Waals surface area contributed by atoms with Gasteiger partial charge in [-0.3, -0.25) is 9.80 Å². The lowest BCUT2D eigenvalue weighted by atomic mass is 9.67. The van der Waals surface area contributed by atoms with E-state index in [-0.39, 0.29) is 17.7 Å². The minimum Gasteiger partial charge on any atom is -0.346 e. The van der Waals surface area contributed by atoms with Crippen LogP contribution in [0.2, 0.25) is 0 Å². The van der Waals surface area contributed by atoms with Gasteiger partial charge >= 0.3 is 0 Å². The summed E-state index contributed by atoms with van der Waals surface area (Å²) in [5.41, 5.74) is 13.9. The Morgan fingerprint density at radius 2 is 1.63 bits per heavy atom. The van der Waals surface area contributed by atoms with E-state index >= 15 is 0 Å². The lowest BCUT2D eigenvalue weighted by Crippen LogP contribution is -2.54. The fourth-order valence-corrected chi connectivity index (χ4v) is 9.47. The van der Waals surface area contributed by atoms with Gasteiger partial charge in [-0.2, -0.15) is 5.10 Å². The zero-order valence-corrected chi connectivity index (χ0v) is 29.7. The third kappa shape index (κ3) is 3.93. The van der Waals surface area contributed by atoms with Crippen molar-refractivity contribution in [2.75, 3.05) is 26.8 Å². The largest absolute Gasteiger partial charge is 0.346 e. The summed E-state index contributed by atoms with van der Waals surface area (Å²) in [6, 6.07) is 35.0. The molecule has 0 spiro atoms. The predicted octanol–water partition coefficient (Wildman–Crippen LogP) is 9.32. The summed E-state index contributed by atoms with van der Waals surface area (Å²) in [5, 5.41) is 7.86. The molecule has 0 N–H and O–H groups in total. The predicted molar refractivity (Wildman–Crippen MR) is 213 cm³/mol. The van der Waals surface area contributed by atoms with Crippen molar-refractivity contribution >= 4 is 40.0 Å². The zero-order chi connectivity index (χ0) is 35.3. The first-order valence-electron chi connectivity index (χ1n) is 18.1. The maximum Gasteiger partial charge on any atom is 0.162 e. The number of para-hydroxylation sites is 2. The Morgan fingerprint density at radius 3 is 2.40 bits per heavy atom. The fourth-order valence-electron chi connectivity index (χ4n) is 9.47. The first-order chi connectivity index (χ1) is 25.5. The number of nitrogens with zero attached hydrogens (tertiary/aromatic N) is 7. The molecule has 254 valence electrons. The Balaban J connectivity index is 1.30. The van der Waals surface area contributed by atoms with Gasteiger partial charge < -0.3 is 4.90 Å². The Bertz CT molecular complexity index is 2440. The van der Waals surface area contributed by atoms with Crippen LogP contribution in [0, 0.1) is 6.92 Å². The Kier molecular flexibility index (Phi) is 6.56. The van der Waals surface area contributed by atoms with E-state index in [1.54, 1.807) is 0 Å². The maximum atomic E-state index is 5.57. The average Bonchev–Trinajstić information content (AvgIpc) is 3.80. The molecule has 2 bridgehead atoms. The van der Waals surface area contributed by atoms with Crippen LogP contribution in [0.3, 0.4) is 0 Å². The Morgan fingerprint density at radius 1 is 0.865 bits per heavy atom. The average molecular weight is 678 g/mol. The number of rotatable bonds is 6. The third-order valence-electron chi connectivity index (χ3n) is 11.8. The van der Waals surface area contributed by atoms with Gasteiger partial charge in [0.2, 0.25) is 0 Å². The molecule has 3 atom stereocenters. The van der Waals surface area contributed by atoms with Gasteiger partial charge in [-0.1, -0.05) is 111 Å². The van der Waals surface area contributed by atoms with Crippen molar-refractivity contribution in [2.24, 2.45) is 5.10 Å². The van der Waals surface area contributed by atoms with E-state index in [1.807, 2.05) is 24.4 Å². The Hall–Kier alpha value is -6.21.